The van der Waals surface area contributed by atoms with Gasteiger partial charge < -0.3 is 9.52 Å². The maximum atomic E-state index is 12.2. The molecule has 1 N–H and O–H groups in total. The molecule has 0 fully saturated rings. The van der Waals surface area contributed by atoms with Crippen LogP contribution in [0.5, 0.6) is 0 Å². The van der Waals surface area contributed by atoms with E-state index in [-0.39, 0.29) is 47.9 Å². The Morgan fingerprint density at radius 3 is 2.12 bits per heavy atom. The van der Waals surface area contributed by atoms with E-state index < -0.39 is 0 Å². The number of aryl methyl sites for hydroxylation is 1. The maximum absolute atomic E-state index is 12.2. The Morgan fingerprint density at radius 1 is 0.863 bits per heavy atom. The molecule has 3 heterocycles. The minimum Gasteiger partial charge on any atom is -0.512 e. The number of rotatable bonds is 9. The quantitative estimate of drug-likeness (QED) is 0.0893. The number of aromatic nitrogens is 1. The van der Waals surface area contributed by atoms with Gasteiger partial charge in [-0.25, -0.2) is 0 Å². The van der Waals surface area contributed by atoms with E-state index in [0.717, 1.165) is 63.9 Å². The third-order valence-electron chi connectivity index (χ3n) is 10.9. The summed E-state index contributed by atoms with van der Waals surface area (Å²) in [6.45, 7) is 21.1. The van der Waals surface area contributed by atoms with Crippen LogP contribution in [0.1, 0.15) is 99.1 Å². The van der Waals surface area contributed by atoms with Gasteiger partial charge in [0.25, 0.3) is 0 Å². The second kappa shape index (κ2) is 16.0. The van der Waals surface area contributed by atoms with Gasteiger partial charge in [-0.2, -0.15) is 0 Å². The first-order valence-electron chi connectivity index (χ1n) is 18.0. The molecule has 3 aromatic heterocycles. The fraction of sp³-hybridized carbons (Fsp3) is 0.378. The number of aliphatic hydroxyl groups excluding tert-OH is 1. The zero-order valence-corrected chi connectivity index (χ0v) is 35.0. The average molecular weight is 879 g/mol. The number of hydrogen-bond acceptors (Lipinski definition) is 5. The second-order valence-electron chi connectivity index (χ2n) is 15.1. The van der Waals surface area contributed by atoms with Crippen LogP contribution in [-0.4, -0.2) is 15.9 Å². The summed E-state index contributed by atoms with van der Waals surface area (Å²) in [5, 5.41) is 14.9. The summed E-state index contributed by atoms with van der Waals surface area (Å²) in [6, 6.07) is 26.9. The second-order valence-corrected chi connectivity index (χ2v) is 16.1. The van der Waals surface area contributed by atoms with E-state index in [2.05, 4.69) is 82.3 Å². The van der Waals surface area contributed by atoms with Crippen molar-refractivity contribution in [3.8, 4) is 21.9 Å². The summed E-state index contributed by atoms with van der Waals surface area (Å²) in [4.78, 5) is 18.2. The zero-order valence-electron chi connectivity index (χ0n) is 31.8. The summed E-state index contributed by atoms with van der Waals surface area (Å²) in [6.07, 6.45) is 6.67. The number of thiophene rings is 1. The van der Waals surface area contributed by atoms with Gasteiger partial charge in [0.05, 0.1) is 4.88 Å². The topological polar surface area (TPSA) is 63.3 Å². The number of para-hydroxylation sites is 1. The van der Waals surface area contributed by atoms with Gasteiger partial charge in [-0.3, -0.25) is 9.78 Å². The van der Waals surface area contributed by atoms with E-state index in [0.29, 0.717) is 0 Å². The molecule has 0 aliphatic heterocycles. The van der Waals surface area contributed by atoms with E-state index in [1.54, 1.807) is 11.3 Å². The first-order chi connectivity index (χ1) is 23.7. The fourth-order valence-corrected chi connectivity index (χ4v) is 7.59. The summed E-state index contributed by atoms with van der Waals surface area (Å²) >= 11 is 1.76. The number of allylic oxidation sites excluding steroid dienone is 2. The minimum atomic E-state index is -0.337. The molecule has 0 spiro atoms. The monoisotopic (exact) mass is 879 g/mol. The van der Waals surface area contributed by atoms with Crippen LogP contribution in [0, 0.1) is 23.8 Å². The molecule has 1 radical (unpaired) electrons. The number of aliphatic hydroxyl groups is 1. The molecule has 6 rings (SSSR count). The maximum Gasteiger partial charge on any atom is 0.164 e. The van der Waals surface area contributed by atoms with Crippen LogP contribution in [0.4, 0.5) is 0 Å². The van der Waals surface area contributed by atoms with Crippen molar-refractivity contribution in [2.75, 3.05) is 0 Å². The van der Waals surface area contributed by atoms with Gasteiger partial charge >= 0.3 is 0 Å². The van der Waals surface area contributed by atoms with Crippen LogP contribution in [0.15, 0.2) is 89.2 Å². The third-order valence-corrected chi connectivity index (χ3v) is 12.3. The third kappa shape index (κ3) is 8.09. The Hall–Kier alpha value is -3.57. The number of hydrogen-bond donors (Lipinski definition) is 1. The molecule has 0 aliphatic rings. The Balaban J connectivity index is 0.000000279. The number of fused-ring (bicyclic) bond motifs is 3. The normalized spacial score (nSPS) is 12.5. The predicted octanol–water partition coefficient (Wildman–Crippen LogP) is 13.6. The number of nitrogens with zero attached hydrogens (tertiary/aromatic N) is 1. The average Bonchev–Trinajstić information content (AvgIpc) is 3.71. The van der Waals surface area contributed by atoms with E-state index in [1.165, 1.54) is 32.7 Å². The van der Waals surface area contributed by atoms with Gasteiger partial charge in [0.15, 0.2) is 5.78 Å². The van der Waals surface area contributed by atoms with Crippen molar-refractivity contribution < 1.29 is 34.4 Å². The first kappa shape index (κ1) is 40.2. The Kier molecular flexibility index (Phi) is 12.6. The van der Waals surface area contributed by atoms with E-state index in [4.69, 9.17) is 9.40 Å². The van der Waals surface area contributed by atoms with Crippen LogP contribution in [0.25, 0.3) is 53.7 Å². The molecular formula is C45H52IrNO3S-. The molecule has 6 heteroatoms. The standard InChI is InChI=1S/C30H24NOS.C15H28O2.Ir/c1-18-22-13-14-31-27(21-15-19-9-5-7-11-23(19)24(16-21)30(2,3)4)29(22)33-28(18)26-17-20-10-6-8-12-25(20)32-26;1-7-14(5,8-2)12(16)11-13(17)15(6,9-3)10-4;/h5-14,16-17H,1-4H3;11,16H,7-10H2,1-6H3;/q-1;;/b;12-11-;. The van der Waals surface area contributed by atoms with Crippen molar-refractivity contribution in [2.24, 2.45) is 10.8 Å². The number of furan rings is 1. The fourth-order valence-electron chi connectivity index (χ4n) is 6.33. The molecule has 0 aliphatic carbocycles. The van der Waals surface area contributed by atoms with E-state index >= 15 is 0 Å². The van der Waals surface area contributed by atoms with Crippen LogP contribution in [0.3, 0.4) is 0 Å². The van der Waals surface area contributed by atoms with Gasteiger partial charge in [0.1, 0.15) is 17.1 Å². The van der Waals surface area contributed by atoms with Gasteiger partial charge in [-0.15, -0.1) is 40.5 Å². The Morgan fingerprint density at radius 2 is 1.49 bits per heavy atom. The van der Waals surface area contributed by atoms with Crippen molar-refractivity contribution in [2.45, 2.75) is 100 Å². The van der Waals surface area contributed by atoms with Crippen molar-refractivity contribution >= 4 is 48.9 Å². The minimum absolute atomic E-state index is 0. The van der Waals surface area contributed by atoms with Gasteiger partial charge in [0.2, 0.25) is 0 Å². The van der Waals surface area contributed by atoms with Crippen LogP contribution < -0.4 is 0 Å². The number of carbonyl (C=O) groups excluding carboxylic acids is 1. The molecule has 271 valence electrons. The number of benzene rings is 3. The summed E-state index contributed by atoms with van der Waals surface area (Å²) in [7, 11) is 0. The SMILES string of the molecule is CCC(C)(CC)C(=O)/C=C(\O)C(C)(CC)CC.Cc1c(-c2cc3ccccc3o2)sc2c(-c3[c-]c4ccccc4c(C(C)(C)C)c3)nccc12.[Ir]. The largest absolute Gasteiger partial charge is 0.512 e. The van der Waals surface area contributed by atoms with Gasteiger partial charge in [-0.05, 0) is 67.2 Å². The van der Waals surface area contributed by atoms with Crippen LogP contribution in [0.2, 0.25) is 0 Å². The molecule has 0 saturated carbocycles. The smallest absolute Gasteiger partial charge is 0.164 e. The Labute approximate surface area is 321 Å². The molecular weight excluding hydrogens is 827 g/mol. The predicted molar refractivity (Wildman–Crippen MR) is 213 cm³/mol. The molecule has 0 unspecified atom stereocenters. The zero-order chi connectivity index (χ0) is 36.4. The molecule has 6 aromatic rings. The van der Waals surface area contributed by atoms with Crippen molar-refractivity contribution in [3.63, 3.8) is 0 Å². The van der Waals surface area contributed by atoms with Crippen molar-refractivity contribution in [3.05, 3.63) is 102 Å². The Bertz CT molecular complexity index is 2140. The first-order valence-corrected chi connectivity index (χ1v) is 18.8. The van der Waals surface area contributed by atoms with Crippen LogP contribution >= 0.6 is 11.3 Å². The molecule has 0 saturated heterocycles. The summed E-state index contributed by atoms with van der Waals surface area (Å²) < 4.78 is 7.39. The number of carbonyl (C=O) groups is 1. The van der Waals surface area contributed by atoms with Crippen molar-refractivity contribution in [1.82, 2.24) is 4.98 Å². The summed E-state index contributed by atoms with van der Waals surface area (Å²) in [5.74, 6) is 1.20. The molecule has 3 aromatic carbocycles. The molecule has 4 nitrogen and oxygen atoms in total. The molecule has 0 bridgehead atoms. The van der Waals surface area contributed by atoms with Crippen LogP contribution in [-0.2, 0) is 30.3 Å². The van der Waals surface area contributed by atoms with E-state index in [9.17, 15) is 9.90 Å². The van der Waals surface area contributed by atoms with E-state index in [1.807, 2.05) is 65.9 Å². The molecule has 51 heavy (non-hydrogen) atoms. The number of ketones is 1. The van der Waals surface area contributed by atoms with Gasteiger partial charge in [-0.1, -0.05) is 110 Å². The molecule has 0 atom stereocenters. The summed E-state index contributed by atoms with van der Waals surface area (Å²) in [5.41, 5.74) is 4.91. The number of pyridine rings is 1. The molecule has 0 amide bonds. The van der Waals surface area contributed by atoms with Gasteiger partial charge in [0, 0.05) is 59.0 Å². The van der Waals surface area contributed by atoms with Crippen molar-refractivity contribution in [1.29, 1.82) is 0 Å².